The van der Waals surface area contributed by atoms with E-state index < -0.39 is 5.95 Å². The second-order valence-corrected chi connectivity index (χ2v) is 2.75. The molecule has 0 aliphatic carbocycles. The number of aryl methyl sites for hydroxylation is 1. The fourth-order valence-electron chi connectivity index (χ4n) is 0.432. The fraction of sp³-hybridized carbons (Fsp3) is 0.167. The van der Waals surface area contributed by atoms with Crippen LogP contribution in [0.3, 0.4) is 0 Å². The van der Waals surface area contributed by atoms with Crippen molar-refractivity contribution in [2.45, 2.75) is 6.92 Å². The van der Waals surface area contributed by atoms with Gasteiger partial charge in [-0.05, 0) is 6.20 Å². The Labute approximate surface area is 84.7 Å². The molecule has 10 heavy (non-hydrogen) atoms. The molecule has 0 atom stereocenters. The number of hydrogen-bond acceptors (Lipinski definition) is 1. The summed E-state index contributed by atoms with van der Waals surface area (Å²) in [6.45, 7) is 1.87. The summed E-state index contributed by atoms with van der Waals surface area (Å²) in [5, 5.41) is 0. The van der Waals surface area contributed by atoms with Gasteiger partial charge in [0.15, 0.2) is 0 Å². The molecule has 1 aromatic rings. The predicted molar refractivity (Wildman–Crippen MR) is 40.5 cm³/mol. The molecule has 1 rings (SSSR count). The van der Waals surface area contributed by atoms with Crippen LogP contribution in [0.4, 0.5) is 4.39 Å². The maximum atomic E-state index is 12.2. The minimum absolute atomic E-state index is 0. The van der Waals surface area contributed by atoms with Crippen LogP contribution in [0.25, 0.3) is 0 Å². The van der Waals surface area contributed by atoms with E-state index in [1.807, 2.05) is 29.5 Å². The van der Waals surface area contributed by atoms with Crippen molar-refractivity contribution in [3.8, 4) is 0 Å². The van der Waals surface area contributed by atoms with Crippen LogP contribution in [-0.4, -0.2) is 4.98 Å². The fourth-order valence-corrected chi connectivity index (χ4v) is 0.793. The summed E-state index contributed by atoms with van der Waals surface area (Å²) in [7, 11) is 0. The predicted octanol–water partition coefficient (Wildman–Crippen LogP) is -1.06. The normalized spacial score (nSPS) is 8.70. The van der Waals surface area contributed by atoms with Crippen molar-refractivity contribution >= 4 is 22.6 Å². The molecule has 0 N–H and O–H groups in total. The quantitative estimate of drug-likeness (QED) is 0.245. The van der Waals surface area contributed by atoms with E-state index >= 15 is 0 Å². The molecule has 0 saturated heterocycles. The van der Waals surface area contributed by atoms with Gasteiger partial charge in [0, 0.05) is 0 Å². The Hall–Kier alpha value is 0.407. The van der Waals surface area contributed by atoms with Gasteiger partial charge in [-0.3, -0.25) is 4.98 Å². The number of pyridine rings is 1. The van der Waals surface area contributed by atoms with Gasteiger partial charge in [-0.1, -0.05) is 22.6 Å². The van der Waals surface area contributed by atoms with Crippen LogP contribution in [0.5, 0.6) is 0 Å². The van der Waals surface area contributed by atoms with Crippen molar-refractivity contribution in [2.75, 3.05) is 0 Å². The third-order valence-electron chi connectivity index (χ3n) is 0.931. The third-order valence-corrected chi connectivity index (χ3v) is 2.05. The number of rotatable bonds is 0. The molecule has 0 aliphatic heterocycles. The van der Waals surface area contributed by atoms with Crippen LogP contribution in [0, 0.1) is 22.5 Å². The van der Waals surface area contributed by atoms with Gasteiger partial charge in [-0.15, -0.1) is 10.5 Å². The average molecular weight is 243 g/mol. The zero-order chi connectivity index (χ0) is 6.85. The van der Waals surface area contributed by atoms with E-state index in [1.54, 1.807) is 0 Å². The van der Waals surface area contributed by atoms with Crippen molar-refractivity contribution in [2.24, 2.45) is 0 Å². The van der Waals surface area contributed by atoms with E-state index in [-0.39, 0.29) is 18.9 Å². The molecule has 0 saturated carbocycles. The van der Waals surface area contributed by atoms with Crippen molar-refractivity contribution in [3.63, 3.8) is 0 Å². The average Bonchev–Trinajstić information content (AvgIpc) is 1.80. The Kier molecular flexibility index (Phi) is 4.50. The van der Waals surface area contributed by atoms with Gasteiger partial charge in [0.05, 0.1) is 0 Å². The first-order chi connectivity index (χ1) is 4.20. The van der Waals surface area contributed by atoms with Gasteiger partial charge in [0.1, 0.15) is 5.95 Å². The summed E-state index contributed by atoms with van der Waals surface area (Å²) in [5.41, 5.74) is 0.956. The molecule has 0 bridgehead atoms. The van der Waals surface area contributed by atoms with Crippen LogP contribution in [0.15, 0.2) is 6.20 Å². The van der Waals surface area contributed by atoms with Crippen LogP contribution < -0.4 is 18.9 Å². The molecule has 1 heterocycles. The minimum Gasteiger partial charge on any atom is -0.266 e. The first-order valence-electron chi connectivity index (χ1n) is 2.40. The SMILES string of the molecule is Cc1cnc(F)[c-]c1I.[Li+]. The van der Waals surface area contributed by atoms with E-state index in [2.05, 4.69) is 11.1 Å². The molecule has 0 aromatic carbocycles. The molecular weight excluding hydrogens is 239 g/mol. The molecule has 0 fully saturated rings. The van der Waals surface area contributed by atoms with E-state index in [9.17, 15) is 4.39 Å². The van der Waals surface area contributed by atoms with Crippen molar-refractivity contribution in [1.82, 2.24) is 4.98 Å². The zero-order valence-corrected chi connectivity index (χ0v) is 7.94. The minimum atomic E-state index is -0.537. The Bertz CT molecular complexity index is 229. The smallest absolute Gasteiger partial charge is 0.266 e. The zero-order valence-electron chi connectivity index (χ0n) is 5.78. The topological polar surface area (TPSA) is 12.9 Å². The molecule has 0 unspecified atom stereocenters. The van der Waals surface area contributed by atoms with Crippen LogP contribution in [0.1, 0.15) is 5.56 Å². The molecule has 1 aromatic heterocycles. The molecule has 48 valence electrons. The summed E-state index contributed by atoms with van der Waals surface area (Å²) >= 11 is 2.01. The Morgan fingerprint density at radius 2 is 2.30 bits per heavy atom. The summed E-state index contributed by atoms with van der Waals surface area (Å²) in [6, 6.07) is 2.45. The largest absolute Gasteiger partial charge is 1.00 e. The standard InChI is InChI=1S/C6H4FIN.Li/c1-4-3-9-6(7)2-5(4)8;/h3H,1H3;/q-1;+1. The van der Waals surface area contributed by atoms with Crippen molar-refractivity contribution in [3.05, 3.63) is 27.3 Å². The third kappa shape index (κ3) is 2.57. The monoisotopic (exact) mass is 243 g/mol. The van der Waals surface area contributed by atoms with Gasteiger partial charge >= 0.3 is 18.9 Å². The van der Waals surface area contributed by atoms with E-state index in [0.29, 0.717) is 0 Å². The molecule has 4 heteroatoms. The summed E-state index contributed by atoms with van der Waals surface area (Å²) in [5.74, 6) is -0.537. The van der Waals surface area contributed by atoms with E-state index in [4.69, 9.17) is 0 Å². The Morgan fingerprint density at radius 3 is 2.70 bits per heavy atom. The van der Waals surface area contributed by atoms with Gasteiger partial charge in [0.25, 0.3) is 0 Å². The number of halogens is 2. The van der Waals surface area contributed by atoms with Gasteiger partial charge < -0.3 is 0 Å². The maximum Gasteiger partial charge on any atom is 1.00 e. The van der Waals surface area contributed by atoms with Crippen LogP contribution >= 0.6 is 22.6 Å². The van der Waals surface area contributed by atoms with Gasteiger partial charge in [-0.25, -0.2) is 4.39 Å². The summed E-state index contributed by atoms with van der Waals surface area (Å²) in [4.78, 5) is 3.41. The Morgan fingerprint density at radius 1 is 1.70 bits per heavy atom. The van der Waals surface area contributed by atoms with Gasteiger partial charge in [-0.2, -0.15) is 11.6 Å². The molecule has 0 aliphatic rings. The second-order valence-electron chi connectivity index (χ2n) is 1.67. The molecule has 0 amide bonds. The second kappa shape index (κ2) is 4.32. The Balaban J connectivity index is 0.000000810. The first-order valence-corrected chi connectivity index (χ1v) is 3.48. The maximum absolute atomic E-state index is 12.2. The van der Waals surface area contributed by atoms with Crippen LogP contribution in [-0.2, 0) is 0 Å². The van der Waals surface area contributed by atoms with Crippen molar-refractivity contribution in [1.29, 1.82) is 0 Å². The molecule has 0 spiro atoms. The van der Waals surface area contributed by atoms with E-state index in [1.165, 1.54) is 6.20 Å². The first kappa shape index (κ1) is 10.4. The molecule has 1 nitrogen and oxygen atoms in total. The van der Waals surface area contributed by atoms with Crippen molar-refractivity contribution < 1.29 is 23.3 Å². The summed E-state index contributed by atoms with van der Waals surface area (Å²) < 4.78 is 13.0. The summed E-state index contributed by atoms with van der Waals surface area (Å²) in [6.07, 6.45) is 1.49. The van der Waals surface area contributed by atoms with Gasteiger partial charge in [0.2, 0.25) is 0 Å². The number of nitrogens with zero attached hydrogens (tertiary/aromatic N) is 1. The number of aromatic nitrogens is 1. The van der Waals surface area contributed by atoms with E-state index in [0.717, 1.165) is 9.13 Å². The molecular formula is C6H4FILiN. The van der Waals surface area contributed by atoms with Crippen LogP contribution in [0.2, 0.25) is 0 Å². The number of hydrogen-bond donors (Lipinski definition) is 0. The molecule has 0 radical (unpaired) electrons.